The maximum Gasteiger partial charge on any atom is 0.315 e. The molecule has 106 valence electrons. The number of aryl methyl sites for hydroxylation is 1. The first kappa shape index (κ1) is 14.0. The van der Waals surface area contributed by atoms with Gasteiger partial charge in [-0.1, -0.05) is 6.07 Å². The highest BCUT2D eigenvalue weighted by Gasteiger charge is 2.15. The largest absolute Gasteiger partial charge is 0.332 e. The van der Waals surface area contributed by atoms with Crippen molar-refractivity contribution in [2.24, 2.45) is 7.05 Å². The monoisotopic (exact) mass is 274 g/mol. The third-order valence-electron chi connectivity index (χ3n) is 3.01. The van der Waals surface area contributed by atoms with Crippen LogP contribution in [0.25, 0.3) is 0 Å². The first-order valence-corrected chi connectivity index (χ1v) is 6.38. The Morgan fingerprint density at radius 3 is 2.65 bits per heavy atom. The van der Waals surface area contributed by atoms with Crippen molar-refractivity contribution in [3.63, 3.8) is 0 Å². The van der Waals surface area contributed by atoms with Crippen LogP contribution in [-0.2, 0) is 7.05 Å². The van der Waals surface area contributed by atoms with Crippen LogP contribution in [0, 0.1) is 0 Å². The molecule has 0 bridgehead atoms. The van der Waals surface area contributed by atoms with Gasteiger partial charge in [0.05, 0.1) is 12.1 Å². The number of pyridine rings is 1. The minimum Gasteiger partial charge on any atom is -0.332 e. The topological polar surface area (TPSA) is 84.7 Å². The van der Waals surface area contributed by atoms with Crippen LogP contribution in [0.4, 0.5) is 4.79 Å². The maximum absolute atomic E-state index is 11.9. The third kappa shape index (κ3) is 3.31. The summed E-state index contributed by atoms with van der Waals surface area (Å²) in [5.74, 6) is 0.703. The van der Waals surface area contributed by atoms with Crippen LogP contribution in [0.5, 0.6) is 0 Å². The molecule has 2 aromatic rings. The highest BCUT2D eigenvalue weighted by atomic mass is 16.2. The lowest BCUT2D eigenvalue weighted by Crippen LogP contribution is -2.39. The standard InChI is InChI=1S/C13H18N6O/c1-9(11-5-4-6-14-7-11)16-13(20)17-10(2)12-18-15-8-19(12)3/h4-10H,1-3H3,(H2,16,17,20)/t9-,10-/m1/s1. The number of carbonyl (C=O) groups excluding carboxylic acids is 1. The Kier molecular flexibility index (Phi) is 4.29. The summed E-state index contributed by atoms with van der Waals surface area (Å²) in [4.78, 5) is 16.0. The molecule has 0 aliphatic rings. The molecule has 0 saturated heterocycles. The van der Waals surface area contributed by atoms with Crippen molar-refractivity contribution in [3.05, 3.63) is 42.2 Å². The average molecular weight is 274 g/mol. The molecule has 0 saturated carbocycles. The quantitative estimate of drug-likeness (QED) is 0.881. The van der Waals surface area contributed by atoms with Gasteiger partial charge in [-0.2, -0.15) is 0 Å². The number of rotatable bonds is 4. The van der Waals surface area contributed by atoms with E-state index in [1.807, 2.05) is 33.0 Å². The summed E-state index contributed by atoms with van der Waals surface area (Å²) in [5, 5.41) is 13.4. The van der Waals surface area contributed by atoms with Gasteiger partial charge in [0.2, 0.25) is 0 Å². The Morgan fingerprint density at radius 2 is 2.05 bits per heavy atom. The predicted octanol–water partition coefficient (Wildman–Crippen LogP) is 1.33. The maximum atomic E-state index is 11.9. The van der Waals surface area contributed by atoms with Crippen molar-refractivity contribution in [2.75, 3.05) is 0 Å². The minimum absolute atomic E-state index is 0.115. The minimum atomic E-state index is -0.253. The Morgan fingerprint density at radius 1 is 1.30 bits per heavy atom. The zero-order valence-corrected chi connectivity index (χ0v) is 11.7. The van der Waals surface area contributed by atoms with Crippen molar-refractivity contribution in [1.82, 2.24) is 30.4 Å². The fourth-order valence-electron chi connectivity index (χ4n) is 1.90. The van der Waals surface area contributed by atoms with Gasteiger partial charge in [-0.15, -0.1) is 10.2 Å². The van der Waals surface area contributed by atoms with Crippen LogP contribution < -0.4 is 10.6 Å². The lowest BCUT2D eigenvalue weighted by atomic mass is 10.1. The number of nitrogens with one attached hydrogen (secondary N) is 2. The molecule has 2 N–H and O–H groups in total. The molecule has 2 rings (SSSR count). The molecule has 0 fully saturated rings. The Hall–Kier alpha value is -2.44. The fourth-order valence-corrected chi connectivity index (χ4v) is 1.90. The van der Waals surface area contributed by atoms with Crippen molar-refractivity contribution in [3.8, 4) is 0 Å². The summed E-state index contributed by atoms with van der Waals surface area (Å²) in [6, 6.07) is 3.17. The predicted molar refractivity (Wildman–Crippen MR) is 73.7 cm³/mol. The molecule has 0 aromatic carbocycles. The van der Waals surface area contributed by atoms with Crippen molar-refractivity contribution in [2.45, 2.75) is 25.9 Å². The summed E-state index contributed by atoms with van der Waals surface area (Å²) in [6.07, 6.45) is 5.03. The molecule has 7 heteroatoms. The molecule has 2 heterocycles. The van der Waals surface area contributed by atoms with Gasteiger partial charge < -0.3 is 15.2 Å². The van der Waals surface area contributed by atoms with Crippen molar-refractivity contribution >= 4 is 6.03 Å². The van der Waals surface area contributed by atoms with E-state index in [1.54, 1.807) is 23.3 Å². The second-order valence-corrected chi connectivity index (χ2v) is 4.65. The molecule has 2 amide bonds. The van der Waals surface area contributed by atoms with E-state index in [-0.39, 0.29) is 18.1 Å². The summed E-state index contributed by atoms with van der Waals surface area (Å²) < 4.78 is 1.77. The van der Waals surface area contributed by atoms with Gasteiger partial charge in [-0.25, -0.2) is 4.79 Å². The number of aromatic nitrogens is 4. The Labute approximate surface area is 117 Å². The van der Waals surface area contributed by atoms with Gasteiger partial charge in [0.25, 0.3) is 0 Å². The first-order valence-electron chi connectivity index (χ1n) is 6.38. The van der Waals surface area contributed by atoms with Crippen LogP contribution in [-0.4, -0.2) is 25.8 Å². The molecular formula is C13H18N6O. The molecule has 20 heavy (non-hydrogen) atoms. The molecule has 2 aromatic heterocycles. The number of hydrogen-bond donors (Lipinski definition) is 2. The zero-order valence-electron chi connectivity index (χ0n) is 11.7. The third-order valence-corrected chi connectivity index (χ3v) is 3.01. The van der Waals surface area contributed by atoms with Crippen LogP contribution >= 0.6 is 0 Å². The molecular weight excluding hydrogens is 256 g/mol. The Balaban J connectivity index is 1.91. The molecule has 0 unspecified atom stereocenters. The molecule has 0 aliphatic heterocycles. The van der Waals surface area contributed by atoms with E-state index in [1.165, 1.54) is 0 Å². The number of carbonyl (C=O) groups is 1. The van der Waals surface area contributed by atoms with Gasteiger partial charge in [0.1, 0.15) is 6.33 Å². The van der Waals surface area contributed by atoms with Gasteiger partial charge in [-0.3, -0.25) is 4.98 Å². The SMILES string of the molecule is C[C@@H](NC(=O)N[C@H](C)c1nncn1C)c1cccnc1. The van der Waals surface area contributed by atoms with Crippen LogP contribution in [0.15, 0.2) is 30.9 Å². The van der Waals surface area contributed by atoms with E-state index in [9.17, 15) is 4.79 Å². The number of hydrogen-bond acceptors (Lipinski definition) is 4. The summed E-state index contributed by atoms with van der Waals surface area (Å²) in [5.41, 5.74) is 0.953. The van der Waals surface area contributed by atoms with Crippen LogP contribution in [0.3, 0.4) is 0 Å². The zero-order chi connectivity index (χ0) is 14.5. The van der Waals surface area contributed by atoms with E-state index in [4.69, 9.17) is 0 Å². The van der Waals surface area contributed by atoms with E-state index in [0.29, 0.717) is 5.82 Å². The van der Waals surface area contributed by atoms with Crippen molar-refractivity contribution in [1.29, 1.82) is 0 Å². The van der Waals surface area contributed by atoms with E-state index in [2.05, 4.69) is 25.8 Å². The number of nitrogens with zero attached hydrogens (tertiary/aromatic N) is 4. The molecule has 0 spiro atoms. The van der Waals surface area contributed by atoms with E-state index < -0.39 is 0 Å². The smallest absolute Gasteiger partial charge is 0.315 e. The van der Waals surface area contributed by atoms with Crippen LogP contribution in [0.2, 0.25) is 0 Å². The normalized spacial score (nSPS) is 13.6. The molecule has 7 nitrogen and oxygen atoms in total. The molecule has 2 atom stereocenters. The number of amides is 2. The van der Waals surface area contributed by atoms with E-state index >= 15 is 0 Å². The summed E-state index contributed by atoms with van der Waals surface area (Å²) in [7, 11) is 1.84. The highest BCUT2D eigenvalue weighted by Crippen LogP contribution is 2.11. The highest BCUT2D eigenvalue weighted by molar-refractivity contribution is 5.74. The second kappa shape index (κ2) is 6.14. The second-order valence-electron chi connectivity index (χ2n) is 4.65. The summed E-state index contributed by atoms with van der Waals surface area (Å²) >= 11 is 0. The van der Waals surface area contributed by atoms with Crippen LogP contribution in [0.1, 0.15) is 37.3 Å². The molecule has 0 aliphatic carbocycles. The van der Waals surface area contributed by atoms with Gasteiger partial charge >= 0.3 is 6.03 Å². The lowest BCUT2D eigenvalue weighted by molar-refractivity contribution is 0.234. The Bertz CT molecular complexity index is 567. The van der Waals surface area contributed by atoms with Crippen molar-refractivity contribution < 1.29 is 4.79 Å². The average Bonchev–Trinajstić information content (AvgIpc) is 2.86. The van der Waals surface area contributed by atoms with Gasteiger partial charge in [0, 0.05) is 19.4 Å². The van der Waals surface area contributed by atoms with E-state index in [0.717, 1.165) is 5.56 Å². The first-order chi connectivity index (χ1) is 9.58. The van der Waals surface area contributed by atoms with Gasteiger partial charge in [0.15, 0.2) is 5.82 Å². The fraction of sp³-hybridized carbons (Fsp3) is 0.385. The van der Waals surface area contributed by atoms with Gasteiger partial charge in [-0.05, 0) is 25.5 Å². The lowest BCUT2D eigenvalue weighted by Gasteiger charge is -2.17. The summed E-state index contributed by atoms with van der Waals surface area (Å²) in [6.45, 7) is 3.77. The number of urea groups is 1. The molecule has 0 radical (unpaired) electrons.